The summed E-state index contributed by atoms with van der Waals surface area (Å²) in [4.78, 5) is 37.3. The lowest BCUT2D eigenvalue weighted by Gasteiger charge is -2.20. The number of nitrogens with zero attached hydrogens (tertiary/aromatic N) is 2. The molecule has 0 radical (unpaired) electrons. The van der Waals surface area contributed by atoms with Gasteiger partial charge in [0, 0.05) is 13.5 Å². The second-order valence-electron chi connectivity index (χ2n) is 5.85. The first-order valence-corrected chi connectivity index (χ1v) is 7.93. The van der Waals surface area contributed by atoms with Gasteiger partial charge in [-0.15, -0.1) is 0 Å². The lowest BCUT2D eigenvalue weighted by Crippen LogP contribution is -2.34. The minimum atomic E-state index is -0.643. The highest BCUT2D eigenvalue weighted by atomic mass is 19.1. The van der Waals surface area contributed by atoms with E-state index in [0.717, 1.165) is 4.90 Å². The molecule has 1 saturated heterocycles. The van der Waals surface area contributed by atoms with Crippen LogP contribution in [0.3, 0.4) is 0 Å². The summed E-state index contributed by atoms with van der Waals surface area (Å²) >= 11 is 0. The molecule has 140 valence electrons. The summed E-state index contributed by atoms with van der Waals surface area (Å²) < 4.78 is 29.2. The summed E-state index contributed by atoms with van der Waals surface area (Å²) in [6.07, 6.45) is -2.17. The van der Waals surface area contributed by atoms with Crippen molar-refractivity contribution in [3.63, 3.8) is 0 Å². The van der Waals surface area contributed by atoms with Gasteiger partial charge in [-0.3, -0.25) is 9.80 Å². The zero-order chi connectivity index (χ0) is 18.8. The molecule has 0 aliphatic carbocycles. The van der Waals surface area contributed by atoms with Crippen LogP contribution in [0.25, 0.3) is 0 Å². The fourth-order valence-electron chi connectivity index (χ4n) is 2.91. The summed E-state index contributed by atoms with van der Waals surface area (Å²) in [6.45, 7) is 0.342. The van der Waals surface area contributed by atoms with Gasteiger partial charge >= 0.3 is 18.3 Å². The van der Waals surface area contributed by atoms with Crippen LogP contribution in [0.2, 0.25) is 0 Å². The minimum absolute atomic E-state index is 0.0768. The Morgan fingerprint density at radius 2 is 2.15 bits per heavy atom. The van der Waals surface area contributed by atoms with Gasteiger partial charge < -0.3 is 19.5 Å². The van der Waals surface area contributed by atoms with Gasteiger partial charge in [0.05, 0.1) is 38.2 Å². The van der Waals surface area contributed by atoms with Crippen molar-refractivity contribution in [3.8, 4) is 0 Å². The van der Waals surface area contributed by atoms with E-state index in [1.54, 1.807) is 6.07 Å². The van der Waals surface area contributed by atoms with Crippen LogP contribution in [0.15, 0.2) is 12.1 Å². The smallest absolute Gasteiger partial charge is 0.414 e. The molecule has 0 aromatic heterocycles. The molecule has 1 fully saturated rings. The number of hydrogen-bond acceptors (Lipinski definition) is 6. The van der Waals surface area contributed by atoms with Gasteiger partial charge in [-0.05, 0) is 17.7 Å². The molecule has 2 aliphatic heterocycles. The zero-order valence-electron chi connectivity index (χ0n) is 14.3. The van der Waals surface area contributed by atoms with Crippen molar-refractivity contribution in [3.05, 3.63) is 23.5 Å². The highest BCUT2D eigenvalue weighted by molar-refractivity contribution is 5.93. The first kappa shape index (κ1) is 17.8. The molecule has 2 heterocycles. The third-order valence-corrected chi connectivity index (χ3v) is 4.18. The molecule has 0 spiro atoms. The van der Waals surface area contributed by atoms with Crippen molar-refractivity contribution < 1.29 is 33.0 Å². The Labute approximate surface area is 148 Å². The van der Waals surface area contributed by atoms with Crippen molar-refractivity contribution >= 4 is 29.7 Å². The number of cyclic esters (lactones) is 2. The second kappa shape index (κ2) is 7.06. The molecule has 0 saturated carbocycles. The number of carbonyl (C=O) groups excluding carboxylic acids is 3. The molecule has 0 unspecified atom stereocenters. The molecule has 1 aromatic rings. The van der Waals surface area contributed by atoms with E-state index in [1.807, 2.05) is 0 Å². The van der Waals surface area contributed by atoms with E-state index in [0.29, 0.717) is 17.7 Å². The van der Waals surface area contributed by atoms with E-state index in [2.05, 4.69) is 10.1 Å². The molecule has 1 atom stereocenters. The monoisotopic (exact) mass is 367 g/mol. The summed E-state index contributed by atoms with van der Waals surface area (Å²) in [5, 5.41) is 2.45. The Balaban J connectivity index is 1.81. The van der Waals surface area contributed by atoms with Crippen molar-refractivity contribution in [2.45, 2.75) is 12.5 Å². The Hall–Kier alpha value is -3.04. The number of fused-ring (bicyclic) bond motifs is 1. The normalized spacial score (nSPS) is 19.4. The van der Waals surface area contributed by atoms with Crippen molar-refractivity contribution in [2.24, 2.45) is 0 Å². The first-order chi connectivity index (χ1) is 12.4. The largest absolute Gasteiger partial charge is 0.453 e. The summed E-state index contributed by atoms with van der Waals surface area (Å²) in [7, 11) is 2.65. The average molecular weight is 367 g/mol. The number of amides is 3. The average Bonchev–Trinajstić information content (AvgIpc) is 2.92. The van der Waals surface area contributed by atoms with Gasteiger partial charge in [-0.2, -0.15) is 0 Å². The molecular weight excluding hydrogens is 349 g/mol. The Morgan fingerprint density at radius 1 is 1.38 bits per heavy atom. The molecule has 3 amide bonds. The number of anilines is 2. The van der Waals surface area contributed by atoms with Crippen molar-refractivity contribution in [1.29, 1.82) is 0 Å². The van der Waals surface area contributed by atoms with Crippen LogP contribution in [0.1, 0.15) is 5.56 Å². The van der Waals surface area contributed by atoms with Crippen LogP contribution in [0, 0.1) is 5.82 Å². The predicted octanol–water partition coefficient (Wildman–Crippen LogP) is 1.64. The topological polar surface area (TPSA) is 97.4 Å². The van der Waals surface area contributed by atoms with Gasteiger partial charge in [0.15, 0.2) is 0 Å². The molecule has 26 heavy (non-hydrogen) atoms. The highest BCUT2D eigenvalue weighted by Crippen LogP contribution is 2.33. The van der Waals surface area contributed by atoms with Crippen LogP contribution in [0.5, 0.6) is 0 Å². The molecule has 1 aromatic carbocycles. The van der Waals surface area contributed by atoms with Crippen LogP contribution in [-0.4, -0.2) is 58.2 Å². The van der Waals surface area contributed by atoms with Crippen LogP contribution in [0.4, 0.5) is 30.1 Å². The number of hydrogen-bond donors (Lipinski definition) is 1. The lowest BCUT2D eigenvalue weighted by atomic mass is 10.1. The SMILES string of the molecule is COC(=O)NC[C@H]1CN(c2cc(F)c3c(c2)CCOC(=O)N3C)C(=O)O1. The van der Waals surface area contributed by atoms with Gasteiger partial charge in [0.2, 0.25) is 0 Å². The fraction of sp³-hybridized carbons (Fsp3) is 0.438. The maximum absolute atomic E-state index is 14.6. The number of benzene rings is 1. The molecule has 9 nitrogen and oxygen atoms in total. The third kappa shape index (κ3) is 3.35. The van der Waals surface area contributed by atoms with Gasteiger partial charge in [0.1, 0.15) is 11.9 Å². The van der Waals surface area contributed by atoms with Gasteiger partial charge in [0.25, 0.3) is 0 Å². The van der Waals surface area contributed by atoms with E-state index in [-0.39, 0.29) is 25.4 Å². The number of nitrogens with one attached hydrogen (secondary N) is 1. The Kier molecular flexibility index (Phi) is 4.83. The lowest BCUT2D eigenvalue weighted by molar-refractivity contribution is 0.132. The number of ether oxygens (including phenoxy) is 3. The molecular formula is C16H18FN3O6. The number of methoxy groups -OCH3 is 1. The Bertz CT molecular complexity index is 756. The third-order valence-electron chi connectivity index (χ3n) is 4.18. The summed E-state index contributed by atoms with van der Waals surface area (Å²) in [5.74, 6) is -0.636. The predicted molar refractivity (Wildman–Crippen MR) is 87.9 cm³/mol. The standard InChI is InChI=1S/C16H18FN3O6/c1-19-13-9(3-4-25-15(19)22)5-10(6-12(13)17)20-8-11(26-16(20)23)7-18-14(21)24-2/h5-6,11H,3-4,7-8H2,1-2H3,(H,18,21)/t11-/m0/s1. The van der Waals surface area contributed by atoms with Crippen LogP contribution in [-0.2, 0) is 20.6 Å². The number of alkyl carbamates (subject to hydrolysis) is 1. The highest BCUT2D eigenvalue weighted by Gasteiger charge is 2.34. The number of carbonyl (C=O) groups is 3. The quantitative estimate of drug-likeness (QED) is 0.816. The van der Waals surface area contributed by atoms with Crippen LogP contribution >= 0.6 is 0 Å². The first-order valence-electron chi connectivity index (χ1n) is 7.93. The molecule has 2 aliphatic rings. The van der Waals surface area contributed by atoms with E-state index in [1.165, 1.54) is 25.1 Å². The van der Waals surface area contributed by atoms with E-state index in [4.69, 9.17) is 9.47 Å². The summed E-state index contributed by atoms with van der Waals surface area (Å²) in [5.41, 5.74) is 1.000. The summed E-state index contributed by atoms with van der Waals surface area (Å²) in [6, 6.07) is 2.81. The maximum atomic E-state index is 14.6. The molecule has 3 rings (SSSR count). The van der Waals surface area contributed by atoms with Gasteiger partial charge in [-0.25, -0.2) is 18.8 Å². The molecule has 1 N–H and O–H groups in total. The van der Waals surface area contributed by atoms with E-state index < -0.39 is 30.2 Å². The minimum Gasteiger partial charge on any atom is -0.453 e. The van der Waals surface area contributed by atoms with Crippen molar-refractivity contribution in [2.75, 3.05) is 43.7 Å². The van der Waals surface area contributed by atoms with E-state index >= 15 is 0 Å². The molecule has 0 bridgehead atoms. The maximum Gasteiger partial charge on any atom is 0.414 e. The Morgan fingerprint density at radius 3 is 2.88 bits per heavy atom. The second-order valence-corrected chi connectivity index (χ2v) is 5.85. The zero-order valence-corrected chi connectivity index (χ0v) is 14.3. The molecule has 10 heteroatoms. The van der Waals surface area contributed by atoms with Crippen LogP contribution < -0.4 is 15.1 Å². The van der Waals surface area contributed by atoms with Crippen molar-refractivity contribution in [1.82, 2.24) is 5.32 Å². The number of rotatable bonds is 3. The van der Waals surface area contributed by atoms with Gasteiger partial charge in [-0.1, -0.05) is 0 Å². The van der Waals surface area contributed by atoms with E-state index in [9.17, 15) is 18.8 Å². The fourth-order valence-corrected chi connectivity index (χ4v) is 2.91. The number of halogens is 1.